The Kier molecular flexibility index (Phi) is 4.28. The average molecular weight is 384 g/mol. The van der Waals surface area contributed by atoms with Crippen LogP contribution in [0.15, 0.2) is 59.9 Å². The fourth-order valence-electron chi connectivity index (χ4n) is 2.50. The smallest absolute Gasteiger partial charge is 0.259 e. The van der Waals surface area contributed by atoms with Gasteiger partial charge in [0.15, 0.2) is 5.82 Å². The highest BCUT2D eigenvalue weighted by Gasteiger charge is 2.07. The number of halogens is 2. The molecule has 0 bridgehead atoms. The van der Waals surface area contributed by atoms with Crippen molar-refractivity contribution in [1.82, 2.24) is 24.7 Å². The molecule has 1 N–H and O–H groups in total. The molecule has 2 aromatic heterocycles. The van der Waals surface area contributed by atoms with Crippen molar-refractivity contribution in [3.8, 4) is 5.69 Å². The number of nitrogens with one attached hydrogen (secondary N) is 1. The molecule has 2 aromatic carbocycles. The molecule has 4 rings (SSSR count). The van der Waals surface area contributed by atoms with E-state index in [-0.39, 0.29) is 5.56 Å². The van der Waals surface area contributed by atoms with Crippen LogP contribution >= 0.6 is 23.2 Å². The monoisotopic (exact) mass is 383 g/mol. The van der Waals surface area contributed by atoms with Crippen molar-refractivity contribution >= 4 is 45.2 Å². The number of aromatic nitrogens is 5. The molecule has 0 amide bonds. The molecule has 0 aliphatic heterocycles. The van der Waals surface area contributed by atoms with Gasteiger partial charge in [0.05, 0.1) is 21.6 Å². The van der Waals surface area contributed by atoms with Crippen LogP contribution in [0.3, 0.4) is 0 Å². The summed E-state index contributed by atoms with van der Waals surface area (Å²) < 4.78 is 1.66. The van der Waals surface area contributed by atoms with Gasteiger partial charge in [-0.3, -0.25) is 4.79 Å². The molecule has 8 heteroatoms. The zero-order valence-electron chi connectivity index (χ0n) is 13.2. The zero-order chi connectivity index (χ0) is 18.1. The van der Waals surface area contributed by atoms with Crippen LogP contribution in [0.4, 0.5) is 0 Å². The van der Waals surface area contributed by atoms with Crippen LogP contribution in [0.1, 0.15) is 11.4 Å². The Balaban J connectivity index is 1.68. The molecule has 0 saturated carbocycles. The average Bonchev–Trinajstić information content (AvgIpc) is 3.17. The molecular formula is C18H11Cl2N5O. The van der Waals surface area contributed by atoms with E-state index in [9.17, 15) is 4.79 Å². The fourth-order valence-corrected chi connectivity index (χ4v) is 2.89. The van der Waals surface area contributed by atoms with E-state index in [1.54, 1.807) is 35.3 Å². The third-order valence-electron chi connectivity index (χ3n) is 3.76. The van der Waals surface area contributed by atoms with Crippen LogP contribution < -0.4 is 5.56 Å². The molecule has 128 valence electrons. The van der Waals surface area contributed by atoms with Gasteiger partial charge in [0.2, 0.25) is 0 Å². The summed E-state index contributed by atoms with van der Waals surface area (Å²) in [5.74, 6) is 0.298. The lowest BCUT2D eigenvalue weighted by Crippen LogP contribution is -2.10. The third-order valence-corrected chi connectivity index (χ3v) is 4.29. The summed E-state index contributed by atoms with van der Waals surface area (Å²) >= 11 is 12.3. The maximum Gasteiger partial charge on any atom is 0.259 e. The van der Waals surface area contributed by atoms with Crippen molar-refractivity contribution in [2.24, 2.45) is 0 Å². The molecule has 0 fully saturated rings. The number of hydrogen-bond acceptors (Lipinski definition) is 4. The highest BCUT2D eigenvalue weighted by atomic mass is 35.5. The predicted molar refractivity (Wildman–Crippen MR) is 102 cm³/mol. The first-order valence-electron chi connectivity index (χ1n) is 7.62. The van der Waals surface area contributed by atoms with E-state index in [1.807, 2.05) is 24.3 Å². The molecule has 6 nitrogen and oxygen atoms in total. The summed E-state index contributed by atoms with van der Waals surface area (Å²) in [5.41, 5.74) is 1.98. The lowest BCUT2D eigenvalue weighted by molar-refractivity contribution is 0.879. The molecule has 2 heterocycles. The van der Waals surface area contributed by atoms with Crippen molar-refractivity contribution in [2.45, 2.75) is 0 Å². The van der Waals surface area contributed by atoms with Crippen molar-refractivity contribution in [1.29, 1.82) is 0 Å². The second-order valence-corrected chi connectivity index (χ2v) is 6.34. The molecule has 0 atom stereocenters. The van der Waals surface area contributed by atoms with Crippen LogP contribution in [0.25, 0.3) is 27.7 Å². The summed E-state index contributed by atoms with van der Waals surface area (Å²) in [6.45, 7) is 0. The summed E-state index contributed by atoms with van der Waals surface area (Å²) in [7, 11) is 0. The quantitative estimate of drug-likeness (QED) is 0.581. The lowest BCUT2D eigenvalue weighted by atomic mass is 10.2. The summed E-state index contributed by atoms with van der Waals surface area (Å²) in [5, 5.41) is 5.30. The maximum atomic E-state index is 12.2. The van der Waals surface area contributed by atoms with Crippen LogP contribution in [-0.4, -0.2) is 24.7 Å². The first-order chi connectivity index (χ1) is 12.6. The number of nitrogens with zero attached hydrogens (tertiary/aromatic N) is 4. The van der Waals surface area contributed by atoms with Gasteiger partial charge in [-0.1, -0.05) is 35.3 Å². The Labute approximate surface area is 157 Å². The first kappa shape index (κ1) is 16.5. The Bertz CT molecular complexity index is 1160. The first-order valence-corrected chi connectivity index (χ1v) is 8.38. The highest BCUT2D eigenvalue weighted by Crippen LogP contribution is 2.21. The summed E-state index contributed by atoms with van der Waals surface area (Å²) in [4.78, 5) is 23.2. The third kappa shape index (κ3) is 3.24. The minimum absolute atomic E-state index is 0.291. The number of fused-ring (bicyclic) bond motifs is 1. The van der Waals surface area contributed by atoms with Crippen molar-refractivity contribution in [3.05, 3.63) is 81.9 Å². The van der Waals surface area contributed by atoms with E-state index in [4.69, 9.17) is 23.2 Å². The van der Waals surface area contributed by atoms with Gasteiger partial charge in [0.25, 0.3) is 5.56 Å². The fraction of sp³-hybridized carbons (Fsp3) is 0. The largest absolute Gasteiger partial charge is 0.305 e. The van der Waals surface area contributed by atoms with E-state index in [2.05, 4.69) is 20.1 Å². The second-order valence-electron chi connectivity index (χ2n) is 5.50. The molecule has 0 aliphatic rings. The molecular weight excluding hydrogens is 373 g/mol. The molecule has 0 unspecified atom stereocenters. The van der Waals surface area contributed by atoms with Gasteiger partial charge >= 0.3 is 0 Å². The van der Waals surface area contributed by atoms with Gasteiger partial charge in [0, 0.05) is 5.02 Å². The Hall–Kier alpha value is -2.96. The van der Waals surface area contributed by atoms with E-state index in [0.717, 1.165) is 11.3 Å². The van der Waals surface area contributed by atoms with Gasteiger partial charge in [-0.05, 0) is 42.0 Å². The van der Waals surface area contributed by atoms with Crippen molar-refractivity contribution < 1.29 is 0 Å². The number of benzene rings is 2. The van der Waals surface area contributed by atoms with Crippen LogP contribution in [0.5, 0.6) is 0 Å². The predicted octanol–water partition coefficient (Wildman–Crippen LogP) is 3.89. The molecule has 26 heavy (non-hydrogen) atoms. The van der Waals surface area contributed by atoms with E-state index in [0.29, 0.717) is 26.8 Å². The van der Waals surface area contributed by atoms with Gasteiger partial charge in [-0.2, -0.15) is 5.10 Å². The van der Waals surface area contributed by atoms with E-state index < -0.39 is 0 Å². The van der Waals surface area contributed by atoms with E-state index >= 15 is 0 Å². The normalized spacial score (nSPS) is 11.8. The molecule has 0 aliphatic carbocycles. The minimum atomic E-state index is -0.291. The Morgan fingerprint density at radius 2 is 1.96 bits per heavy atom. The number of hydrogen-bond donors (Lipinski definition) is 1. The van der Waals surface area contributed by atoms with Crippen molar-refractivity contribution in [3.63, 3.8) is 0 Å². The van der Waals surface area contributed by atoms with Crippen LogP contribution in [0, 0.1) is 0 Å². The van der Waals surface area contributed by atoms with Gasteiger partial charge in [0.1, 0.15) is 12.7 Å². The molecule has 0 saturated heterocycles. The van der Waals surface area contributed by atoms with E-state index in [1.165, 1.54) is 6.33 Å². The van der Waals surface area contributed by atoms with Gasteiger partial charge in [-0.15, -0.1) is 0 Å². The summed E-state index contributed by atoms with van der Waals surface area (Å²) in [6.07, 6.45) is 4.82. The maximum absolute atomic E-state index is 12.2. The van der Waals surface area contributed by atoms with Crippen LogP contribution in [0.2, 0.25) is 5.02 Å². The number of aromatic amines is 1. The van der Waals surface area contributed by atoms with Gasteiger partial charge < -0.3 is 4.98 Å². The second kappa shape index (κ2) is 6.74. The lowest BCUT2D eigenvalue weighted by Gasteiger charge is -2.04. The molecule has 0 radical (unpaired) electrons. The van der Waals surface area contributed by atoms with Gasteiger partial charge in [-0.25, -0.2) is 14.6 Å². The minimum Gasteiger partial charge on any atom is -0.305 e. The molecule has 4 aromatic rings. The summed E-state index contributed by atoms with van der Waals surface area (Å²) in [6, 6.07) is 12.5. The molecule has 0 spiro atoms. The number of rotatable bonds is 3. The topological polar surface area (TPSA) is 76.5 Å². The van der Waals surface area contributed by atoms with Crippen LogP contribution in [-0.2, 0) is 0 Å². The highest BCUT2D eigenvalue weighted by molar-refractivity contribution is 6.50. The SMILES string of the molecule is O=c1[nH]c(/C(Cl)=C\c2ccc(-n3cncn3)cc2)nc2ccc(Cl)cc12. The number of H-pyrrole nitrogens is 1. The zero-order valence-corrected chi connectivity index (χ0v) is 14.7. The van der Waals surface area contributed by atoms with Crippen molar-refractivity contribution in [2.75, 3.05) is 0 Å². The standard InChI is InChI=1S/C18H11Cl2N5O/c19-12-3-6-16-14(8-12)18(26)24-17(23-16)15(20)7-11-1-4-13(5-2-11)25-10-21-9-22-25/h1-10H,(H,23,24,26)/b15-7+. The Morgan fingerprint density at radius 1 is 1.15 bits per heavy atom. The Morgan fingerprint density at radius 3 is 2.69 bits per heavy atom.